The molecule has 0 fully saturated rings. The van der Waals surface area contributed by atoms with Crippen LogP contribution in [0.3, 0.4) is 0 Å². The number of aromatic carboxylic acids is 1. The molecule has 6 nitrogen and oxygen atoms in total. The van der Waals surface area contributed by atoms with E-state index in [0.717, 1.165) is 5.56 Å². The van der Waals surface area contributed by atoms with Crippen LogP contribution in [-0.2, 0) is 6.54 Å². The zero-order valence-corrected chi connectivity index (χ0v) is 11.3. The molecule has 106 valence electrons. The molecule has 2 aromatic rings. The second-order valence-corrected chi connectivity index (χ2v) is 4.39. The molecule has 0 amide bonds. The number of pyridine rings is 2. The van der Waals surface area contributed by atoms with Gasteiger partial charge in [0.2, 0.25) is 0 Å². The van der Waals surface area contributed by atoms with E-state index in [1.165, 1.54) is 6.20 Å². The van der Waals surface area contributed by atoms with Crippen LogP contribution in [0.1, 0.15) is 22.3 Å². The third kappa shape index (κ3) is 3.76. The summed E-state index contributed by atoms with van der Waals surface area (Å²) in [5.74, 6) is -1.04. The summed E-state index contributed by atoms with van der Waals surface area (Å²) >= 11 is 0. The lowest BCUT2D eigenvalue weighted by Crippen LogP contribution is -2.25. The molecule has 1 N–H and O–H groups in total. The van der Waals surface area contributed by atoms with Crippen molar-refractivity contribution in [3.8, 4) is 6.07 Å². The molecule has 0 unspecified atom stereocenters. The molecule has 21 heavy (non-hydrogen) atoms. The van der Waals surface area contributed by atoms with Crippen molar-refractivity contribution in [3.63, 3.8) is 0 Å². The highest BCUT2D eigenvalue weighted by Gasteiger charge is 2.16. The molecule has 0 aliphatic heterocycles. The van der Waals surface area contributed by atoms with E-state index in [9.17, 15) is 9.90 Å². The smallest absolute Gasteiger partial charge is 0.339 e. The number of carboxylic acid groups (broad SMARTS) is 1. The van der Waals surface area contributed by atoms with Crippen molar-refractivity contribution in [2.24, 2.45) is 0 Å². The molecule has 0 saturated carbocycles. The molecule has 0 saturated heterocycles. The number of rotatable bonds is 6. The van der Waals surface area contributed by atoms with Gasteiger partial charge in [0.1, 0.15) is 5.56 Å². The molecule has 6 heteroatoms. The summed E-state index contributed by atoms with van der Waals surface area (Å²) in [6, 6.07) is 7.46. The van der Waals surface area contributed by atoms with Gasteiger partial charge < -0.3 is 10.0 Å². The Labute approximate surface area is 122 Å². The van der Waals surface area contributed by atoms with Crippen molar-refractivity contribution in [1.29, 1.82) is 5.26 Å². The number of carbonyl (C=O) groups is 1. The monoisotopic (exact) mass is 282 g/mol. The minimum Gasteiger partial charge on any atom is -0.478 e. The predicted octanol–water partition coefficient (Wildman–Crippen LogP) is 2.10. The number of nitriles is 1. The number of hydrogen-bond acceptors (Lipinski definition) is 5. The molecule has 0 spiro atoms. The van der Waals surface area contributed by atoms with Crippen LogP contribution in [0.25, 0.3) is 0 Å². The van der Waals surface area contributed by atoms with Gasteiger partial charge >= 0.3 is 5.97 Å². The molecule has 0 aliphatic carbocycles. The molecule has 0 aromatic carbocycles. The minimum atomic E-state index is -1.04. The van der Waals surface area contributed by atoms with Crippen LogP contribution in [0.4, 0.5) is 5.69 Å². The zero-order chi connectivity index (χ0) is 15.1. The normalized spacial score (nSPS) is 9.86. The van der Waals surface area contributed by atoms with Crippen molar-refractivity contribution < 1.29 is 9.90 Å². The third-order valence-electron chi connectivity index (χ3n) is 2.96. The van der Waals surface area contributed by atoms with Crippen LogP contribution in [0.5, 0.6) is 0 Å². The first-order valence-corrected chi connectivity index (χ1v) is 6.40. The van der Waals surface area contributed by atoms with E-state index in [2.05, 4.69) is 16.0 Å². The quantitative estimate of drug-likeness (QED) is 0.872. The van der Waals surface area contributed by atoms with Crippen molar-refractivity contribution in [2.45, 2.75) is 13.0 Å². The van der Waals surface area contributed by atoms with Crippen molar-refractivity contribution in [3.05, 3.63) is 54.1 Å². The van der Waals surface area contributed by atoms with Crippen molar-refractivity contribution in [2.75, 3.05) is 11.4 Å². The first-order valence-electron chi connectivity index (χ1n) is 6.40. The fourth-order valence-electron chi connectivity index (χ4n) is 2.01. The van der Waals surface area contributed by atoms with Crippen LogP contribution in [0.15, 0.2) is 43.0 Å². The zero-order valence-electron chi connectivity index (χ0n) is 11.3. The Morgan fingerprint density at radius 3 is 2.76 bits per heavy atom. The summed E-state index contributed by atoms with van der Waals surface area (Å²) < 4.78 is 0. The Morgan fingerprint density at radius 1 is 1.29 bits per heavy atom. The molecule has 0 radical (unpaired) electrons. The van der Waals surface area contributed by atoms with Gasteiger partial charge in [-0.1, -0.05) is 6.07 Å². The van der Waals surface area contributed by atoms with Crippen LogP contribution >= 0.6 is 0 Å². The van der Waals surface area contributed by atoms with E-state index in [4.69, 9.17) is 5.26 Å². The predicted molar refractivity (Wildman–Crippen MR) is 76.7 cm³/mol. The van der Waals surface area contributed by atoms with Gasteiger partial charge in [-0.15, -0.1) is 0 Å². The topological polar surface area (TPSA) is 90.1 Å². The number of nitrogens with zero attached hydrogens (tertiary/aromatic N) is 4. The lowest BCUT2D eigenvalue weighted by atomic mass is 10.1. The summed E-state index contributed by atoms with van der Waals surface area (Å²) in [7, 11) is 0. The van der Waals surface area contributed by atoms with Gasteiger partial charge in [0, 0.05) is 37.9 Å². The summed E-state index contributed by atoms with van der Waals surface area (Å²) in [6.45, 7) is 0.926. The van der Waals surface area contributed by atoms with Gasteiger partial charge in [0.05, 0.1) is 18.2 Å². The van der Waals surface area contributed by atoms with Crippen LogP contribution in [0, 0.1) is 11.3 Å². The highest BCUT2D eigenvalue weighted by Crippen LogP contribution is 2.21. The van der Waals surface area contributed by atoms with Crippen molar-refractivity contribution in [1.82, 2.24) is 9.97 Å². The van der Waals surface area contributed by atoms with Gasteiger partial charge in [-0.25, -0.2) is 4.79 Å². The minimum absolute atomic E-state index is 0.124. The molecule has 2 aromatic heterocycles. The third-order valence-corrected chi connectivity index (χ3v) is 2.96. The molecule has 0 bridgehead atoms. The molecule has 0 aliphatic rings. The standard InChI is InChI=1S/C15H14N4O2/c16-5-2-8-19(11-12-3-1-6-17-9-12)14-4-7-18-10-13(14)15(20)21/h1,3-4,6-7,9-10H,2,8,11H2,(H,20,21). The Morgan fingerprint density at radius 2 is 2.10 bits per heavy atom. The van der Waals surface area contributed by atoms with Crippen LogP contribution in [-0.4, -0.2) is 27.6 Å². The Kier molecular flexibility index (Phi) is 4.83. The highest BCUT2D eigenvalue weighted by molar-refractivity contribution is 5.94. The average molecular weight is 282 g/mol. The molecular weight excluding hydrogens is 268 g/mol. The second-order valence-electron chi connectivity index (χ2n) is 4.39. The van der Waals surface area contributed by atoms with E-state index < -0.39 is 5.97 Å². The van der Waals surface area contributed by atoms with Crippen LogP contribution in [0.2, 0.25) is 0 Å². The van der Waals surface area contributed by atoms with Gasteiger partial charge in [0.15, 0.2) is 0 Å². The second kappa shape index (κ2) is 7.01. The van der Waals surface area contributed by atoms with E-state index in [0.29, 0.717) is 25.2 Å². The lowest BCUT2D eigenvalue weighted by molar-refractivity contribution is 0.0697. The van der Waals surface area contributed by atoms with Crippen LogP contribution < -0.4 is 4.90 Å². The van der Waals surface area contributed by atoms with Gasteiger partial charge in [-0.05, 0) is 17.7 Å². The summed E-state index contributed by atoms with van der Waals surface area (Å²) in [5, 5.41) is 18.1. The Hall–Kier alpha value is -2.94. The molecule has 2 heterocycles. The summed E-state index contributed by atoms with van der Waals surface area (Å²) in [4.78, 5) is 21.1. The lowest BCUT2D eigenvalue weighted by Gasteiger charge is -2.25. The fraction of sp³-hybridized carbons (Fsp3) is 0.200. The van der Waals surface area contributed by atoms with Gasteiger partial charge in [0.25, 0.3) is 0 Å². The highest BCUT2D eigenvalue weighted by atomic mass is 16.4. The average Bonchev–Trinajstić information content (AvgIpc) is 2.52. The Balaban J connectivity index is 2.32. The van der Waals surface area contributed by atoms with Gasteiger partial charge in [-0.3, -0.25) is 9.97 Å². The maximum absolute atomic E-state index is 11.3. The number of anilines is 1. The van der Waals surface area contributed by atoms with E-state index in [1.807, 2.05) is 17.0 Å². The Bertz CT molecular complexity index is 652. The molecular formula is C15H14N4O2. The number of hydrogen-bond donors (Lipinski definition) is 1. The molecule has 2 rings (SSSR count). The summed E-state index contributed by atoms with van der Waals surface area (Å²) in [6.07, 6.45) is 6.57. The number of carboxylic acids is 1. The maximum atomic E-state index is 11.3. The van der Waals surface area contributed by atoms with E-state index in [-0.39, 0.29) is 5.56 Å². The van der Waals surface area contributed by atoms with Gasteiger partial charge in [-0.2, -0.15) is 5.26 Å². The van der Waals surface area contributed by atoms with E-state index in [1.54, 1.807) is 24.7 Å². The van der Waals surface area contributed by atoms with E-state index >= 15 is 0 Å². The maximum Gasteiger partial charge on any atom is 0.339 e. The SMILES string of the molecule is N#CCCN(Cc1cccnc1)c1ccncc1C(=O)O. The first kappa shape index (κ1) is 14.5. The molecule has 0 atom stereocenters. The fourth-order valence-corrected chi connectivity index (χ4v) is 2.01. The largest absolute Gasteiger partial charge is 0.478 e. The van der Waals surface area contributed by atoms with Crippen molar-refractivity contribution >= 4 is 11.7 Å². The first-order chi connectivity index (χ1) is 10.2. The number of aromatic nitrogens is 2. The summed E-state index contributed by atoms with van der Waals surface area (Å²) in [5.41, 5.74) is 1.62.